The number of ether oxygens (including phenoxy) is 2. The molecule has 30 heavy (non-hydrogen) atoms. The van der Waals surface area contributed by atoms with Gasteiger partial charge in [0.25, 0.3) is 0 Å². The van der Waals surface area contributed by atoms with Gasteiger partial charge in [0.05, 0.1) is 17.5 Å². The van der Waals surface area contributed by atoms with E-state index in [0.29, 0.717) is 16.5 Å². The monoisotopic (exact) mass is 496 g/mol. The minimum Gasteiger partial charge on any atom is -0.491 e. The molecule has 2 aromatic rings. The van der Waals surface area contributed by atoms with E-state index < -0.39 is 12.2 Å². The quantitative estimate of drug-likeness (QED) is 0.438. The summed E-state index contributed by atoms with van der Waals surface area (Å²) in [5, 5.41) is 28.2. The second-order valence-electron chi connectivity index (χ2n) is 7.06. The minimum absolute atomic E-state index is 0. The third-order valence-corrected chi connectivity index (χ3v) is 5.14. The summed E-state index contributed by atoms with van der Waals surface area (Å²) in [6.45, 7) is 3.95. The molecule has 0 unspecified atom stereocenters. The maximum absolute atomic E-state index is 9.51. The van der Waals surface area contributed by atoms with Gasteiger partial charge in [0.15, 0.2) is 0 Å². The van der Waals surface area contributed by atoms with Crippen LogP contribution >= 0.6 is 50.2 Å². The molecule has 3 N–H and O–H groups in total. The lowest BCUT2D eigenvalue weighted by molar-refractivity contribution is 0.0536. The Morgan fingerprint density at radius 1 is 0.900 bits per heavy atom. The highest BCUT2D eigenvalue weighted by atomic mass is 35.5. The molecule has 2 atom stereocenters. The first kappa shape index (κ1) is 29.2. The number of rotatable bonds is 10. The van der Waals surface area contributed by atoms with Crippen LogP contribution in [-0.4, -0.2) is 53.2 Å². The van der Waals surface area contributed by atoms with Gasteiger partial charge in [-0.15, -0.1) is 11.6 Å². The lowest BCUT2D eigenvalue weighted by Crippen LogP contribution is -2.21. The molecule has 0 aliphatic carbocycles. The molecule has 9 heteroatoms. The van der Waals surface area contributed by atoms with Crippen LogP contribution in [0.5, 0.6) is 11.5 Å². The topological polar surface area (TPSA) is 79.2 Å². The fourth-order valence-corrected chi connectivity index (χ4v) is 2.94. The molecule has 2 rings (SSSR count). The zero-order valence-corrected chi connectivity index (χ0v) is 20.5. The van der Waals surface area contributed by atoms with Crippen molar-refractivity contribution in [2.45, 2.75) is 31.5 Å². The smallest absolute Gasteiger partial charge is 0.138 e. The van der Waals surface area contributed by atoms with E-state index in [2.05, 4.69) is 13.8 Å². The molecule has 0 amide bonds. The fourth-order valence-electron chi connectivity index (χ4n) is 2.62. The standard InChI is InChI=1S/C21H26Cl2O5.2H2S/c1-21(2,14-3-6-18(7-4-14)27-13-17(26)11-24)15-5-8-20(19(23)9-15)28-12-16(25)10-22;;/h3-9,16-17,24-26H,10-13H2,1-2H3;2*1H2/t16-,17+;;/m1../s1. The van der Waals surface area contributed by atoms with Crippen LogP contribution in [0.1, 0.15) is 25.0 Å². The van der Waals surface area contributed by atoms with Gasteiger partial charge in [-0.1, -0.05) is 43.6 Å². The van der Waals surface area contributed by atoms with Crippen LogP contribution in [0.4, 0.5) is 0 Å². The van der Waals surface area contributed by atoms with Crippen LogP contribution in [0.2, 0.25) is 5.02 Å². The second-order valence-corrected chi connectivity index (χ2v) is 7.78. The Balaban J connectivity index is 0.00000420. The van der Waals surface area contributed by atoms with Crippen LogP contribution in [-0.2, 0) is 5.41 Å². The Bertz CT molecular complexity index is 760. The van der Waals surface area contributed by atoms with Crippen molar-refractivity contribution in [3.8, 4) is 11.5 Å². The Morgan fingerprint density at radius 3 is 2.00 bits per heavy atom. The van der Waals surface area contributed by atoms with Gasteiger partial charge in [-0.25, -0.2) is 0 Å². The Morgan fingerprint density at radius 2 is 1.47 bits per heavy atom. The average Bonchev–Trinajstić information content (AvgIpc) is 2.70. The summed E-state index contributed by atoms with van der Waals surface area (Å²) in [5.41, 5.74) is 1.75. The molecule has 0 spiro atoms. The number of benzene rings is 2. The highest BCUT2D eigenvalue weighted by Gasteiger charge is 2.24. The summed E-state index contributed by atoms with van der Waals surface area (Å²) in [4.78, 5) is 0. The molecular formula is C21H30Cl2O5S2. The lowest BCUT2D eigenvalue weighted by atomic mass is 9.78. The van der Waals surface area contributed by atoms with Crippen molar-refractivity contribution in [3.63, 3.8) is 0 Å². The third-order valence-electron chi connectivity index (χ3n) is 4.49. The lowest BCUT2D eigenvalue weighted by Gasteiger charge is -2.27. The Labute approximate surface area is 201 Å². The van der Waals surface area contributed by atoms with Gasteiger partial charge < -0.3 is 24.8 Å². The van der Waals surface area contributed by atoms with Crippen molar-refractivity contribution in [2.75, 3.05) is 25.7 Å². The maximum atomic E-state index is 9.51. The molecule has 0 bridgehead atoms. The van der Waals surface area contributed by atoms with Gasteiger partial charge in [-0.2, -0.15) is 27.0 Å². The van der Waals surface area contributed by atoms with Crippen LogP contribution in [0, 0.1) is 0 Å². The van der Waals surface area contributed by atoms with Gasteiger partial charge in [0, 0.05) is 5.41 Å². The largest absolute Gasteiger partial charge is 0.491 e. The first-order valence-electron chi connectivity index (χ1n) is 8.97. The van der Waals surface area contributed by atoms with E-state index in [9.17, 15) is 10.2 Å². The van der Waals surface area contributed by atoms with Gasteiger partial charge in [0.2, 0.25) is 0 Å². The van der Waals surface area contributed by atoms with E-state index in [1.54, 1.807) is 6.07 Å². The third kappa shape index (κ3) is 8.04. The van der Waals surface area contributed by atoms with E-state index in [4.69, 9.17) is 37.8 Å². The molecule has 0 aliphatic rings. The van der Waals surface area contributed by atoms with Gasteiger partial charge in [-0.3, -0.25) is 0 Å². The zero-order valence-electron chi connectivity index (χ0n) is 16.9. The van der Waals surface area contributed by atoms with Crippen LogP contribution in [0.15, 0.2) is 42.5 Å². The van der Waals surface area contributed by atoms with Crippen LogP contribution in [0.3, 0.4) is 0 Å². The van der Waals surface area contributed by atoms with E-state index in [1.807, 2.05) is 36.4 Å². The minimum atomic E-state index is -0.899. The van der Waals surface area contributed by atoms with E-state index in [0.717, 1.165) is 11.1 Å². The molecule has 0 heterocycles. The second kappa shape index (κ2) is 13.6. The maximum Gasteiger partial charge on any atom is 0.138 e. The van der Waals surface area contributed by atoms with Crippen molar-refractivity contribution in [1.29, 1.82) is 0 Å². The van der Waals surface area contributed by atoms with E-state index in [-0.39, 0.29) is 58.1 Å². The van der Waals surface area contributed by atoms with Crippen LogP contribution < -0.4 is 9.47 Å². The van der Waals surface area contributed by atoms with Crippen molar-refractivity contribution < 1.29 is 24.8 Å². The van der Waals surface area contributed by atoms with E-state index in [1.165, 1.54) is 0 Å². The average molecular weight is 498 g/mol. The molecule has 0 saturated heterocycles. The molecule has 170 valence electrons. The first-order valence-corrected chi connectivity index (χ1v) is 9.88. The fraction of sp³-hybridized carbons (Fsp3) is 0.429. The molecule has 0 aliphatic heterocycles. The summed E-state index contributed by atoms with van der Waals surface area (Å²) in [6.07, 6.45) is -1.64. The summed E-state index contributed by atoms with van der Waals surface area (Å²) in [5.74, 6) is 1.21. The molecular weight excluding hydrogens is 467 g/mol. The van der Waals surface area contributed by atoms with Crippen molar-refractivity contribution >= 4 is 50.2 Å². The normalized spacial score (nSPS) is 12.9. The van der Waals surface area contributed by atoms with Crippen LogP contribution in [0.25, 0.3) is 0 Å². The van der Waals surface area contributed by atoms with Crippen molar-refractivity contribution in [3.05, 3.63) is 58.6 Å². The predicted octanol–water partition coefficient (Wildman–Crippen LogP) is 3.60. The number of alkyl halides is 1. The van der Waals surface area contributed by atoms with Crippen molar-refractivity contribution in [2.24, 2.45) is 0 Å². The van der Waals surface area contributed by atoms with E-state index >= 15 is 0 Å². The number of aliphatic hydroxyl groups is 3. The number of halogens is 2. The molecule has 0 radical (unpaired) electrons. The Hall–Kier alpha value is -0.800. The first-order chi connectivity index (χ1) is 13.3. The number of aliphatic hydroxyl groups excluding tert-OH is 3. The summed E-state index contributed by atoms with van der Waals surface area (Å²) in [6, 6.07) is 13.1. The highest BCUT2D eigenvalue weighted by molar-refractivity contribution is 7.59. The van der Waals surface area contributed by atoms with Crippen molar-refractivity contribution in [1.82, 2.24) is 0 Å². The summed E-state index contributed by atoms with van der Waals surface area (Å²) < 4.78 is 11.0. The number of hydrogen-bond donors (Lipinski definition) is 3. The summed E-state index contributed by atoms with van der Waals surface area (Å²) in [7, 11) is 0. The molecule has 5 nitrogen and oxygen atoms in total. The SMILES string of the molecule is CC(C)(c1ccc(OC[C@@H](O)CO)cc1)c1ccc(OC[C@H](O)CCl)c(Cl)c1.S.S. The number of hydrogen-bond acceptors (Lipinski definition) is 5. The zero-order chi connectivity index (χ0) is 20.7. The molecule has 0 saturated carbocycles. The highest BCUT2D eigenvalue weighted by Crippen LogP contribution is 2.36. The molecule has 0 fully saturated rings. The van der Waals surface area contributed by atoms with Gasteiger partial charge >= 0.3 is 0 Å². The van der Waals surface area contributed by atoms with Gasteiger partial charge in [0.1, 0.15) is 36.9 Å². The predicted molar refractivity (Wildman–Crippen MR) is 132 cm³/mol. The summed E-state index contributed by atoms with van der Waals surface area (Å²) >= 11 is 11.9. The molecule has 0 aromatic heterocycles. The molecule has 2 aromatic carbocycles. The van der Waals surface area contributed by atoms with Gasteiger partial charge in [-0.05, 0) is 35.4 Å². The Kier molecular flexibility index (Phi) is 13.2.